The molecule has 0 atom stereocenters. The van der Waals surface area contributed by atoms with Crippen molar-refractivity contribution in [3.8, 4) is 0 Å². The summed E-state index contributed by atoms with van der Waals surface area (Å²) >= 11 is 0. The van der Waals surface area contributed by atoms with E-state index in [1.54, 1.807) is 0 Å². The second-order valence-electron chi connectivity index (χ2n) is 2.94. The molecule has 16 heavy (non-hydrogen) atoms. The van der Waals surface area contributed by atoms with Gasteiger partial charge in [0.15, 0.2) is 5.69 Å². The molecule has 1 heterocycles. The van der Waals surface area contributed by atoms with Crippen LogP contribution in [0.4, 0.5) is 13.2 Å². The third-order valence-electron chi connectivity index (χ3n) is 1.90. The van der Waals surface area contributed by atoms with Crippen LogP contribution in [0.5, 0.6) is 0 Å². The van der Waals surface area contributed by atoms with E-state index in [0.29, 0.717) is 0 Å². The number of rotatable bonds is 3. The SMILES string of the molecule is CCOC(=O)c1cnn(CC)c1C(F)(F)F. The van der Waals surface area contributed by atoms with Gasteiger partial charge in [-0.15, -0.1) is 0 Å². The van der Waals surface area contributed by atoms with Crippen molar-refractivity contribution in [1.29, 1.82) is 0 Å². The summed E-state index contributed by atoms with van der Waals surface area (Å²) in [6.45, 7) is 3.09. The Morgan fingerprint density at radius 2 is 2.12 bits per heavy atom. The normalized spacial score (nSPS) is 11.6. The number of nitrogens with zero attached hydrogens (tertiary/aromatic N) is 2. The van der Waals surface area contributed by atoms with Crippen LogP contribution >= 0.6 is 0 Å². The number of hydrogen-bond donors (Lipinski definition) is 0. The molecule has 1 aromatic heterocycles. The molecule has 0 saturated heterocycles. The number of esters is 1. The molecule has 0 aliphatic heterocycles. The summed E-state index contributed by atoms with van der Waals surface area (Å²) in [6.07, 6.45) is -3.74. The van der Waals surface area contributed by atoms with Gasteiger partial charge in [-0.2, -0.15) is 18.3 Å². The van der Waals surface area contributed by atoms with Crippen molar-refractivity contribution < 1.29 is 22.7 Å². The Morgan fingerprint density at radius 1 is 1.50 bits per heavy atom. The lowest BCUT2D eigenvalue weighted by Gasteiger charge is -2.10. The second kappa shape index (κ2) is 4.54. The summed E-state index contributed by atoms with van der Waals surface area (Å²) in [5, 5.41) is 3.50. The van der Waals surface area contributed by atoms with E-state index in [0.717, 1.165) is 10.9 Å². The average Bonchev–Trinajstić information content (AvgIpc) is 2.60. The first-order chi connectivity index (χ1) is 7.41. The fourth-order valence-corrected chi connectivity index (χ4v) is 1.28. The highest BCUT2D eigenvalue weighted by molar-refractivity contribution is 5.90. The van der Waals surface area contributed by atoms with Gasteiger partial charge >= 0.3 is 12.1 Å². The van der Waals surface area contributed by atoms with Crippen molar-refractivity contribution in [3.63, 3.8) is 0 Å². The molecule has 0 aromatic carbocycles. The molecule has 0 aliphatic rings. The number of carbonyl (C=O) groups excluding carboxylic acids is 1. The van der Waals surface area contributed by atoms with Crippen molar-refractivity contribution in [2.24, 2.45) is 0 Å². The largest absolute Gasteiger partial charge is 0.462 e. The molecule has 0 N–H and O–H groups in total. The molecule has 0 saturated carbocycles. The summed E-state index contributed by atoms with van der Waals surface area (Å²) in [5.74, 6) is -1.01. The molecule has 7 heteroatoms. The molecule has 4 nitrogen and oxygen atoms in total. The van der Waals surface area contributed by atoms with Crippen LogP contribution in [-0.2, 0) is 17.5 Å². The minimum absolute atomic E-state index is 0.0213. The van der Waals surface area contributed by atoms with Crippen LogP contribution in [0.3, 0.4) is 0 Å². The minimum atomic E-state index is -4.62. The highest BCUT2D eigenvalue weighted by Crippen LogP contribution is 2.32. The smallest absolute Gasteiger partial charge is 0.433 e. The van der Waals surface area contributed by atoms with Gasteiger partial charge in [0.25, 0.3) is 0 Å². The van der Waals surface area contributed by atoms with E-state index in [9.17, 15) is 18.0 Å². The molecule has 0 fully saturated rings. The lowest BCUT2D eigenvalue weighted by molar-refractivity contribution is -0.144. The standard InChI is InChI=1S/C9H11F3N2O2/c1-3-14-7(9(10,11)12)6(5-13-14)8(15)16-4-2/h5H,3-4H2,1-2H3. The molecule has 0 aliphatic carbocycles. The van der Waals surface area contributed by atoms with E-state index < -0.39 is 23.4 Å². The summed E-state index contributed by atoms with van der Waals surface area (Å²) in [4.78, 5) is 11.3. The van der Waals surface area contributed by atoms with E-state index in [-0.39, 0.29) is 13.2 Å². The summed E-state index contributed by atoms with van der Waals surface area (Å²) in [6, 6.07) is 0. The molecule has 1 aromatic rings. The van der Waals surface area contributed by atoms with Crippen LogP contribution in [0.15, 0.2) is 6.20 Å². The van der Waals surface area contributed by atoms with Crippen LogP contribution in [0.25, 0.3) is 0 Å². The van der Waals surface area contributed by atoms with Gasteiger partial charge in [-0.1, -0.05) is 0 Å². The molecule has 0 bridgehead atoms. The molecular weight excluding hydrogens is 225 g/mol. The Balaban J connectivity index is 3.20. The van der Waals surface area contributed by atoms with E-state index in [1.807, 2.05) is 0 Å². The fraction of sp³-hybridized carbons (Fsp3) is 0.556. The highest BCUT2D eigenvalue weighted by atomic mass is 19.4. The van der Waals surface area contributed by atoms with Gasteiger partial charge in [0.2, 0.25) is 0 Å². The molecule has 0 amide bonds. The van der Waals surface area contributed by atoms with Gasteiger partial charge < -0.3 is 4.74 Å². The van der Waals surface area contributed by atoms with Gasteiger partial charge in [0, 0.05) is 6.54 Å². The monoisotopic (exact) mass is 236 g/mol. The van der Waals surface area contributed by atoms with Gasteiger partial charge in [-0.05, 0) is 13.8 Å². The number of aromatic nitrogens is 2. The number of halogens is 3. The Kier molecular flexibility index (Phi) is 3.56. The van der Waals surface area contributed by atoms with E-state index in [2.05, 4.69) is 9.84 Å². The number of alkyl halides is 3. The molecule has 1 rings (SSSR count). The summed E-state index contributed by atoms with van der Waals surface area (Å²) < 4.78 is 43.2. The zero-order valence-electron chi connectivity index (χ0n) is 8.84. The number of carbonyl (C=O) groups is 1. The quantitative estimate of drug-likeness (QED) is 0.755. The van der Waals surface area contributed by atoms with E-state index in [1.165, 1.54) is 13.8 Å². The van der Waals surface area contributed by atoms with Gasteiger partial charge in [-0.3, -0.25) is 4.68 Å². The first-order valence-corrected chi connectivity index (χ1v) is 4.71. The fourth-order valence-electron chi connectivity index (χ4n) is 1.28. The lowest BCUT2D eigenvalue weighted by Crippen LogP contribution is -2.18. The van der Waals surface area contributed by atoms with Crippen LogP contribution in [-0.4, -0.2) is 22.4 Å². The first-order valence-electron chi connectivity index (χ1n) is 4.71. The van der Waals surface area contributed by atoms with Crippen molar-refractivity contribution in [2.75, 3.05) is 6.61 Å². The zero-order chi connectivity index (χ0) is 12.3. The number of ether oxygens (including phenoxy) is 1. The Hall–Kier alpha value is -1.53. The Labute approximate surface area is 90.0 Å². The molecule has 90 valence electrons. The molecule has 0 unspecified atom stereocenters. The maximum absolute atomic E-state index is 12.7. The first kappa shape index (κ1) is 12.5. The van der Waals surface area contributed by atoms with Crippen molar-refractivity contribution in [3.05, 3.63) is 17.5 Å². The second-order valence-corrected chi connectivity index (χ2v) is 2.94. The van der Waals surface area contributed by atoms with E-state index >= 15 is 0 Å². The summed E-state index contributed by atoms with van der Waals surface area (Å²) in [5.41, 5.74) is -1.61. The van der Waals surface area contributed by atoms with Crippen LogP contribution in [0.1, 0.15) is 29.9 Å². The topological polar surface area (TPSA) is 44.1 Å². The predicted molar refractivity (Wildman–Crippen MR) is 48.9 cm³/mol. The number of aryl methyl sites for hydroxylation is 1. The van der Waals surface area contributed by atoms with E-state index in [4.69, 9.17) is 0 Å². The zero-order valence-corrected chi connectivity index (χ0v) is 8.84. The minimum Gasteiger partial charge on any atom is -0.462 e. The Bertz CT molecular complexity index is 385. The third kappa shape index (κ3) is 2.34. The van der Waals surface area contributed by atoms with Crippen LogP contribution in [0.2, 0.25) is 0 Å². The van der Waals surface area contributed by atoms with Crippen LogP contribution < -0.4 is 0 Å². The van der Waals surface area contributed by atoms with Crippen LogP contribution in [0, 0.1) is 0 Å². The van der Waals surface area contributed by atoms with Crippen molar-refractivity contribution in [1.82, 2.24) is 9.78 Å². The molecule has 0 radical (unpaired) electrons. The van der Waals surface area contributed by atoms with Gasteiger partial charge in [0.05, 0.1) is 12.8 Å². The van der Waals surface area contributed by atoms with Gasteiger partial charge in [0.1, 0.15) is 5.56 Å². The maximum Gasteiger partial charge on any atom is 0.433 e. The average molecular weight is 236 g/mol. The number of hydrogen-bond acceptors (Lipinski definition) is 3. The molecule has 0 spiro atoms. The van der Waals surface area contributed by atoms with Crippen molar-refractivity contribution in [2.45, 2.75) is 26.6 Å². The summed E-state index contributed by atoms with van der Waals surface area (Å²) in [7, 11) is 0. The third-order valence-corrected chi connectivity index (χ3v) is 1.90. The predicted octanol–water partition coefficient (Wildman–Crippen LogP) is 2.10. The highest BCUT2D eigenvalue weighted by Gasteiger charge is 2.40. The maximum atomic E-state index is 12.7. The Morgan fingerprint density at radius 3 is 2.56 bits per heavy atom. The van der Waals surface area contributed by atoms with Gasteiger partial charge in [-0.25, -0.2) is 4.79 Å². The molecular formula is C9H11F3N2O2. The lowest BCUT2D eigenvalue weighted by atomic mass is 10.2. The van der Waals surface area contributed by atoms with Crippen molar-refractivity contribution >= 4 is 5.97 Å².